The number of rotatable bonds is 6. The molecule has 1 saturated heterocycles. The number of para-hydroxylation sites is 1. The molecule has 0 aromatic heterocycles. The van der Waals surface area contributed by atoms with E-state index < -0.39 is 11.7 Å². The van der Waals surface area contributed by atoms with Crippen LogP contribution in [-0.4, -0.2) is 56.5 Å². The van der Waals surface area contributed by atoms with Crippen molar-refractivity contribution in [3.8, 4) is 16.9 Å². The molecule has 0 unspecified atom stereocenters. The zero-order chi connectivity index (χ0) is 23.2. The summed E-state index contributed by atoms with van der Waals surface area (Å²) in [5.41, 5.74) is 3.71. The lowest BCUT2D eigenvalue weighted by Gasteiger charge is -2.37. The summed E-state index contributed by atoms with van der Waals surface area (Å²) >= 11 is 0. The minimum absolute atomic E-state index is 0.0131. The summed E-state index contributed by atoms with van der Waals surface area (Å²) in [5.74, 6) is -1.15. The van der Waals surface area contributed by atoms with Crippen LogP contribution in [0.1, 0.15) is 10.4 Å². The van der Waals surface area contributed by atoms with E-state index in [9.17, 15) is 14.0 Å². The van der Waals surface area contributed by atoms with Gasteiger partial charge < -0.3 is 19.9 Å². The molecule has 0 spiro atoms. The third kappa shape index (κ3) is 5.14. The fourth-order valence-electron chi connectivity index (χ4n) is 3.98. The highest BCUT2D eigenvalue weighted by Gasteiger charge is 2.23. The molecule has 0 atom stereocenters. The van der Waals surface area contributed by atoms with Crippen LogP contribution in [-0.2, 0) is 4.79 Å². The SMILES string of the molecule is COc1cc(C(=O)NCC(=O)N2CCN(c3ccccc3-c3ccccc3)CC2)ccc1F. The Bertz CT molecular complexity index is 1130. The highest BCUT2D eigenvalue weighted by molar-refractivity contribution is 5.96. The number of ether oxygens (including phenoxy) is 1. The second-order valence-electron chi connectivity index (χ2n) is 7.78. The Hall–Kier alpha value is -3.87. The van der Waals surface area contributed by atoms with E-state index >= 15 is 0 Å². The van der Waals surface area contributed by atoms with Crippen molar-refractivity contribution in [2.75, 3.05) is 44.7 Å². The van der Waals surface area contributed by atoms with Gasteiger partial charge in [-0.1, -0.05) is 48.5 Å². The maximum absolute atomic E-state index is 13.5. The number of amides is 2. The zero-order valence-corrected chi connectivity index (χ0v) is 18.5. The minimum Gasteiger partial charge on any atom is -0.494 e. The number of methoxy groups -OCH3 is 1. The third-order valence-electron chi connectivity index (χ3n) is 5.78. The summed E-state index contributed by atoms with van der Waals surface area (Å²) in [5, 5.41) is 2.62. The molecule has 3 aromatic rings. The van der Waals surface area contributed by atoms with Crippen LogP contribution in [0.25, 0.3) is 11.1 Å². The number of anilines is 1. The van der Waals surface area contributed by atoms with Crippen molar-refractivity contribution in [1.29, 1.82) is 0 Å². The average molecular weight is 448 g/mol. The summed E-state index contributed by atoms with van der Waals surface area (Å²) in [6.07, 6.45) is 0. The molecule has 1 aliphatic rings. The van der Waals surface area contributed by atoms with Gasteiger partial charge in [0, 0.05) is 43.0 Å². The number of nitrogens with one attached hydrogen (secondary N) is 1. The topological polar surface area (TPSA) is 61.9 Å². The molecule has 1 heterocycles. The van der Waals surface area contributed by atoms with Gasteiger partial charge in [0.05, 0.1) is 13.7 Å². The fourth-order valence-corrected chi connectivity index (χ4v) is 3.98. The number of carbonyl (C=O) groups excluding carboxylic acids is 2. The van der Waals surface area contributed by atoms with Gasteiger partial charge in [0.1, 0.15) is 0 Å². The van der Waals surface area contributed by atoms with E-state index in [1.54, 1.807) is 4.90 Å². The highest BCUT2D eigenvalue weighted by Crippen LogP contribution is 2.31. The number of piperazine rings is 1. The first kappa shape index (κ1) is 22.3. The number of nitrogens with zero attached hydrogens (tertiary/aromatic N) is 2. The van der Waals surface area contributed by atoms with Crippen LogP contribution in [0.3, 0.4) is 0 Å². The van der Waals surface area contributed by atoms with Crippen molar-refractivity contribution in [3.05, 3.63) is 84.2 Å². The first-order valence-electron chi connectivity index (χ1n) is 10.9. The molecule has 7 heteroatoms. The summed E-state index contributed by atoms with van der Waals surface area (Å²) in [6, 6.07) is 22.4. The minimum atomic E-state index is -0.545. The zero-order valence-electron chi connectivity index (χ0n) is 18.5. The number of halogens is 1. The first-order valence-corrected chi connectivity index (χ1v) is 10.9. The van der Waals surface area contributed by atoms with E-state index in [0.717, 1.165) is 11.3 Å². The molecule has 33 heavy (non-hydrogen) atoms. The fraction of sp³-hybridized carbons (Fsp3) is 0.231. The molecule has 2 amide bonds. The lowest BCUT2D eigenvalue weighted by Crippen LogP contribution is -2.51. The van der Waals surface area contributed by atoms with Gasteiger partial charge in [-0.2, -0.15) is 0 Å². The van der Waals surface area contributed by atoms with E-state index in [0.29, 0.717) is 26.2 Å². The quantitative estimate of drug-likeness (QED) is 0.628. The Morgan fingerprint density at radius 2 is 1.64 bits per heavy atom. The average Bonchev–Trinajstić information content (AvgIpc) is 2.88. The molecule has 3 aromatic carbocycles. The van der Waals surface area contributed by atoms with E-state index in [1.165, 1.54) is 30.9 Å². The van der Waals surface area contributed by atoms with Crippen LogP contribution in [0, 0.1) is 5.82 Å². The smallest absolute Gasteiger partial charge is 0.251 e. The number of hydrogen-bond acceptors (Lipinski definition) is 4. The molecule has 0 radical (unpaired) electrons. The third-order valence-corrected chi connectivity index (χ3v) is 5.78. The van der Waals surface area contributed by atoms with E-state index in [1.807, 2.05) is 30.3 Å². The molecule has 6 nitrogen and oxygen atoms in total. The normalized spacial score (nSPS) is 13.5. The van der Waals surface area contributed by atoms with Crippen LogP contribution < -0.4 is 15.0 Å². The van der Waals surface area contributed by atoms with E-state index in [4.69, 9.17) is 4.74 Å². The molecule has 1 fully saturated rings. The van der Waals surface area contributed by atoms with Crippen molar-refractivity contribution < 1.29 is 18.7 Å². The van der Waals surface area contributed by atoms with Gasteiger partial charge in [-0.25, -0.2) is 4.39 Å². The van der Waals surface area contributed by atoms with Crippen molar-refractivity contribution in [2.45, 2.75) is 0 Å². The highest BCUT2D eigenvalue weighted by atomic mass is 19.1. The van der Waals surface area contributed by atoms with E-state index in [2.05, 4.69) is 34.5 Å². The Morgan fingerprint density at radius 1 is 0.939 bits per heavy atom. The van der Waals surface area contributed by atoms with Crippen molar-refractivity contribution in [2.24, 2.45) is 0 Å². The maximum Gasteiger partial charge on any atom is 0.251 e. The lowest BCUT2D eigenvalue weighted by atomic mass is 10.0. The van der Waals surface area contributed by atoms with Gasteiger partial charge in [-0.3, -0.25) is 9.59 Å². The molecule has 1 N–H and O–H groups in total. The number of hydrogen-bond donors (Lipinski definition) is 1. The van der Waals surface area contributed by atoms with Crippen molar-refractivity contribution in [1.82, 2.24) is 10.2 Å². The van der Waals surface area contributed by atoms with E-state index in [-0.39, 0.29) is 23.8 Å². The largest absolute Gasteiger partial charge is 0.494 e. The lowest BCUT2D eigenvalue weighted by molar-refractivity contribution is -0.130. The van der Waals surface area contributed by atoms with Gasteiger partial charge in [0.15, 0.2) is 11.6 Å². The number of benzene rings is 3. The van der Waals surface area contributed by atoms with Crippen LogP contribution in [0.4, 0.5) is 10.1 Å². The van der Waals surface area contributed by atoms with Crippen molar-refractivity contribution in [3.63, 3.8) is 0 Å². The monoisotopic (exact) mass is 447 g/mol. The predicted octanol–water partition coefficient (Wildman–Crippen LogP) is 3.58. The summed E-state index contributed by atoms with van der Waals surface area (Å²) in [6.45, 7) is 2.45. The van der Waals surface area contributed by atoms with Gasteiger partial charge >= 0.3 is 0 Å². The second-order valence-corrected chi connectivity index (χ2v) is 7.78. The van der Waals surface area contributed by atoms with Crippen molar-refractivity contribution >= 4 is 17.5 Å². The summed E-state index contributed by atoms with van der Waals surface area (Å²) < 4.78 is 18.4. The Kier molecular flexibility index (Phi) is 6.88. The molecular formula is C26H26FN3O3. The van der Waals surface area contributed by atoms with Gasteiger partial charge in [-0.05, 0) is 29.8 Å². The molecule has 1 aliphatic heterocycles. The van der Waals surface area contributed by atoms with Crippen LogP contribution in [0.5, 0.6) is 5.75 Å². The number of carbonyl (C=O) groups is 2. The first-order chi connectivity index (χ1) is 16.1. The van der Waals surface area contributed by atoms with Gasteiger partial charge in [0.25, 0.3) is 5.91 Å². The summed E-state index contributed by atoms with van der Waals surface area (Å²) in [7, 11) is 1.33. The van der Waals surface area contributed by atoms with Crippen LogP contribution >= 0.6 is 0 Å². The molecule has 4 rings (SSSR count). The summed E-state index contributed by atoms with van der Waals surface area (Å²) in [4.78, 5) is 29.0. The Morgan fingerprint density at radius 3 is 2.36 bits per heavy atom. The van der Waals surface area contributed by atoms with Gasteiger partial charge in [0.2, 0.25) is 5.91 Å². The molecule has 170 valence electrons. The van der Waals surface area contributed by atoms with Gasteiger partial charge in [-0.15, -0.1) is 0 Å². The standard InChI is InChI=1S/C26H26FN3O3/c1-33-24-17-20(11-12-22(24)27)26(32)28-18-25(31)30-15-13-29(14-16-30)23-10-6-5-9-21(23)19-7-3-2-4-8-19/h2-12,17H,13-16,18H2,1H3,(H,28,32). The molecular weight excluding hydrogens is 421 g/mol. The maximum atomic E-state index is 13.5. The molecule has 0 aliphatic carbocycles. The Labute approximate surface area is 192 Å². The second kappa shape index (κ2) is 10.2. The van der Waals surface area contributed by atoms with Crippen LogP contribution in [0.15, 0.2) is 72.8 Å². The predicted molar refractivity (Wildman–Crippen MR) is 126 cm³/mol. The molecule has 0 saturated carbocycles. The molecule has 0 bridgehead atoms. The Balaban J connectivity index is 1.33. The van der Waals surface area contributed by atoms with Crippen LogP contribution in [0.2, 0.25) is 0 Å².